The van der Waals surface area contributed by atoms with Gasteiger partial charge in [0, 0.05) is 27.7 Å². The molecule has 0 aliphatic heterocycles. The normalized spacial score (nSPS) is 11.4. The highest BCUT2D eigenvalue weighted by atomic mass is 35.5. The van der Waals surface area contributed by atoms with Crippen molar-refractivity contribution in [1.29, 1.82) is 0 Å². The standard InChI is InChI=1S/C15H8Cl2N2O2S/c16-11-2-1-3-12(17)10(11)5-7-15-18-13-8-9(19(20)21)4-6-14(13)22-15/h1-8H. The quantitative estimate of drug-likeness (QED) is 0.450. The lowest BCUT2D eigenvalue weighted by Crippen LogP contribution is -1.86. The maximum Gasteiger partial charge on any atom is 0.271 e. The molecule has 0 saturated heterocycles. The molecule has 0 unspecified atom stereocenters. The van der Waals surface area contributed by atoms with Crippen molar-refractivity contribution in [2.75, 3.05) is 0 Å². The summed E-state index contributed by atoms with van der Waals surface area (Å²) in [6, 6.07) is 9.93. The molecule has 0 amide bonds. The molecule has 0 atom stereocenters. The Labute approximate surface area is 139 Å². The molecule has 0 N–H and O–H groups in total. The molecule has 0 fully saturated rings. The van der Waals surface area contributed by atoms with Gasteiger partial charge in [0.1, 0.15) is 5.01 Å². The lowest BCUT2D eigenvalue weighted by molar-refractivity contribution is -0.384. The maximum atomic E-state index is 10.8. The molecule has 110 valence electrons. The van der Waals surface area contributed by atoms with E-state index in [1.807, 2.05) is 0 Å². The fraction of sp³-hybridized carbons (Fsp3) is 0. The number of fused-ring (bicyclic) bond motifs is 1. The Morgan fingerprint density at radius 2 is 1.86 bits per heavy atom. The zero-order valence-electron chi connectivity index (χ0n) is 11.0. The van der Waals surface area contributed by atoms with Gasteiger partial charge in [-0.25, -0.2) is 4.98 Å². The Hall–Kier alpha value is -1.95. The predicted octanol–water partition coefficient (Wildman–Crippen LogP) is 5.68. The summed E-state index contributed by atoms with van der Waals surface area (Å²) in [4.78, 5) is 14.7. The average molecular weight is 351 g/mol. The molecule has 0 aliphatic rings. The monoisotopic (exact) mass is 350 g/mol. The largest absolute Gasteiger partial charge is 0.271 e. The minimum atomic E-state index is -0.433. The van der Waals surface area contributed by atoms with Crippen LogP contribution < -0.4 is 0 Å². The van der Waals surface area contributed by atoms with Gasteiger partial charge in [-0.15, -0.1) is 11.3 Å². The number of aromatic nitrogens is 1. The van der Waals surface area contributed by atoms with Gasteiger partial charge in [0.15, 0.2) is 0 Å². The summed E-state index contributed by atoms with van der Waals surface area (Å²) in [5.74, 6) is 0. The third kappa shape index (κ3) is 2.97. The number of rotatable bonds is 3. The molecule has 1 heterocycles. The van der Waals surface area contributed by atoms with Crippen LogP contribution >= 0.6 is 34.5 Å². The maximum absolute atomic E-state index is 10.8. The van der Waals surface area contributed by atoms with E-state index in [2.05, 4.69) is 4.98 Å². The number of nitro benzene ring substituents is 1. The average Bonchev–Trinajstić information content (AvgIpc) is 2.88. The first-order chi connectivity index (χ1) is 10.5. The highest BCUT2D eigenvalue weighted by molar-refractivity contribution is 7.19. The number of nitrogens with zero attached hydrogens (tertiary/aromatic N) is 2. The van der Waals surface area contributed by atoms with Crippen molar-refractivity contribution >= 4 is 62.6 Å². The Morgan fingerprint density at radius 1 is 1.14 bits per heavy atom. The van der Waals surface area contributed by atoms with Crippen molar-refractivity contribution in [3.05, 3.63) is 67.1 Å². The fourth-order valence-electron chi connectivity index (χ4n) is 1.94. The van der Waals surface area contributed by atoms with Crippen molar-refractivity contribution in [1.82, 2.24) is 4.98 Å². The molecule has 0 radical (unpaired) electrons. The molecule has 0 aliphatic carbocycles. The molecule has 0 saturated carbocycles. The van der Waals surface area contributed by atoms with Crippen molar-refractivity contribution in [2.45, 2.75) is 0 Å². The number of hydrogen-bond acceptors (Lipinski definition) is 4. The van der Waals surface area contributed by atoms with Crippen LogP contribution in [0.15, 0.2) is 36.4 Å². The van der Waals surface area contributed by atoms with E-state index in [4.69, 9.17) is 23.2 Å². The minimum Gasteiger partial charge on any atom is -0.258 e. The molecule has 3 rings (SSSR count). The summed E-state index contributed by atoms with van der Waals surface area (Å²) in [6.07, 6.45) is 3.58. The first kappa shape index (κ1) is 15.0. The molecule has 4 nitrogen and oxygen atoms in total. The van der Waals surface area contributed by atoms with Crippen LogP contribution in [-0.2, 0) is 0 Å². The van der Waals surface area contributed by atoms with Gasteiger partial charge in [0.25, 0.3) is 5.69 Å². The van der Waals surface area contributed by atoms with Crippen LogP contribution in [0.5, 0.6) is 0 Å². The SMILES string of the molecule is O=[N+]([O-])c1ccc2sc(C=Cc3c(Cl)cccc3Cl)nc2c1. The lowest BCUT2D eigenvalue weighted by Gasteiger charge is -1.99. The highest BCUT2D eigenvalue weighted by Crippen LogP contribution is 2.29. The molecule has 1 aromatic heterocycles. The van der Waals surface area contributed by atoms with E-state index in [1.165, 1.54) is 23.5 Å². The molecular weight excluding hydrogens is 343 g/mol. The van der Waals surface area contributed by atoms with E-state index in [0.29, 0.717) is 15.6 Å². The van der Waals surface area contributed by atoms with E-state index >= 15 is 0 Å². The van der Waals surface area contributed by atoms with Gasteiger partial charge in [-0.05, 0) is 30.4 Å². The van der Waals surface area contributed by atoms with Crippen LogP contribution in [-0.4, -0.2) is 9.91 Å². The predicted molar refractivity (Wildman–Crippen MR) is 91.7 cm³/mol. The molecule has 0 spiro atoms. The van der Waals surface area contributed by atoms with Crippen molar-refractivity contribution in [2.24, 2.45) is 0 Å². The molecular formula is C15H8Cl2N2O2S. The van der Waals surface area contributed by atoms with Gasteiger partial charge >= 0.3 is 0 Å². The zero-order valence-corrected chi connectivity index (χ0v) is 13.3. The second kappa shape index (κ2) is 6.04. The Balaban J connectivity index is 1.97. The van der Waals surface area contributed by atoms with Gasteiger partial charge in [-0.1, -0.05) is 29.3 Å². The Morgan fingerprint density at radius 3 is 2.55 bits per heavy atom. The smallest absolute Gasteiger partial charge is 0.258 e. The van der Waals surface area contributed by atoms with Crippen LogP contribution in [0.2, 0.25) is 10.0 Å². The Bertz CT molecular complexity index is 885. The van der Waals surface area contributed by atoms with E-state index < -0.39 is 4.92 Å². The third-order valence-corrected chi connectivity index (χ3v) is 4.65. The number of benzene rings is 2. The van der Waals surface area contributed by atoms with Crippen LogP contribution in [0.4, 0.5) is 5.69 Å². The second-order valence-electron chi connectivity index (χ2n) is 4.43. The summed E-state index contributed by atoms with van der Waals surface area (Å²) in [6.45, 7) is 0. The third-order valence-electron chi connectivity index (χ3n) is 2.99. The van der Waals surface area contributed by atoms with Gasteiger partial charge in [-0.3, -0.25) is 10.1 Å². The van der Waals surface area contributed by atoms with Gasteiger partial charge in [-0.2, -0.15) is 0 Å². The number of nitro groups is 1. The van der Waals surface area contributed by atoms with Crippen molar-refractivity contribution in [3.63, 3.8) is 0 Å². The van der Waals surface area contributed by atoms with Crippen LogP contribution in [0.3, 0.4) is 0 Å². The topological polar surface area (TPSA) is 56.0 Å². The second-order valence-corrected chi connectivity index (χ2v) is 6.31. The summed E-state index contributed by atoms with van der Waals surface area (Å²) in [5.41, 5.74) is 1.35. The number of non-ortho nitro benzene ring substituents is 1. The number of hydrogen-bond donors (Lipinski definition) is 0. The lowest BCUT2D eigenvalue weighted by atomic mass is 10.2. The van der Waals surface area contributed by atoms with Crippen LogP contribution in [0, 0.1) is 10.1 Å². The summed E-state index contributed by atoms with van der Waals surface area (Å²) >= 11 is 13.6. The highest BCUT2D eigenvalue weighted by Gasteiger charge is 2.09. The van der Waals surface area contributed by atoms with Gasteiger partial charge in [0.05, 0.1) is 15.1 Å². The van der Waals surface area contributed by atoms with Crippen LogP contribution in [0.1, 0.15) is 10.6 Å². The first-order valence-corrected chi connectivity index (χ1v) is 7.79. The fourth-order valence-corrected chi connectivity index (χ4v) is 3.32. The summed E-state index contributed by atoms with van der Waals surface area (Å²) < 4.78 is 0.885. The molecule has 22 heavy (non-hydrogen) atoms. The van der Waals surface area contributed by atoms with Gasteiger partial charge in [0.2, 0.25) is 0 Å². The minimum absolute atomic E-state index is 0.0301. The molecule has 2 aromatic carbocycles. The number of halogens is 2. The molecule has 0 bridgehead atoms. The molecule has 3 aromatic rings. The van der Waals surface area contributed by atoms with Crippen molar-refractivity contribution in [3.8, 4) is 0 Å². The zero-order chi connectivity index (χ0) is 15.7. The summed E-state index contributed by atoms with van der Waals surface area (Å²) in [7, 11) is 0. The first-order valence-electron chi connectivity index (χ1n) is 6.21. The molecule has 7 heteroatoms. The Kier molecular flexibility index (Phi) is 4.11. The van der Waals surface area contributed by atoms with Crippen LogP contribution in [0.25, 0.3) is 22.4 Å². The number of thiazole rings is 1. The van der Waals surface area contributed by atoms with E-state index in [9.17, 15) is 10.1 Å². The van der Waals surface area contributed by atoms with Crippen molar-refractivity contribution < 1.29 is 4.92 Å². The van der Waals surface area contributed by atoms with Gasteiger partial charge < -0.3 is 0 Å². The summed E-state index contributed by atoms with van der Waals surface area (Å²) in [5, 5.41) is 12.6. The van der Waals surface area contributed by atoms with E-state index in [-0.39, 0.29) is 5.69 Å². The van der Waals surface area contributed by atoms with E-state index in [1.54, 1.807) is 36.4 Å². The van der Waals surface area contributed by atoms with E-state index in [0.717, 1.165) is 15.3 Å².